The maximum absolute atomic E-state index is 13.1. The van der Waals surface area contributed by atoms with Crippen molar-refractivity contribution in [2.45, 2.75) is 53.0 Å². The molecule has 0 bridgehead atoms. The normalized spacial score (nSPS) is 17.7. The Morgan fingerprint density at radius 1 is 0.853 bits per heavy atom. The fraction of sp³-hybridized carbons (Fsp3) is 0.360. The van der Waals surface area contributed by atoms with Gasteiger partial charge in [-0.3, -0.25) is 9.47 Å². The quantitative estimate of drug-likeness (QED) is 0.0732. The molecule has 3 aliphatic heterocycles. The lowest BCUT2D eigenvalue weighted by atomic mass is 10.0. The maximum Gasteiger partial charge on any atom is 0.350 e. The summed E-state index contributed by atoms with van der Waals surface area (Å²) in [6.07, 6.45) is 6.26. The monoisotopic (exact) mass is 1030 g/mol. The number of quaternary nitrogens is 1. The van der Waals surface area contributed by atoms with Crippen LogP contribution >= 0.6 is 23.2 Å². The number of unbranched alkanes of at least 4 members (excludes halogenated alkanes) is 1. The van der Waals surface area contributed by atoms with Crippen molar-refractivity contribution < 1.29 is 45.2 Å². The molecular formula is C50H56BrCl2N9O6. The van der Waals surface area contributed by atoms with Crippen LogP contribution in [0.15, 0.2) is 115 Å². The van der Waals surface area contributed by atoms with Crippen LogP contribution in [-0.2, 0) is 22.6 Å². The third-order valence-electron chi connectivity index (χ3n) is 12.5. The molecule has 1 unspecified atom stereocenters. The van der Waals surface area contributed by atoms with Gasteiger partial charge in [-0.1, -0.05) is 36.5 Å². The molecule has 68 heavy (non-hydrogen) atoms. The van der Waals surface area contributed by atoms with E-state index in [0.29, 0.717) is 78.8 Å². The molecule has 358 valence electrons. The summed E-state index contributed by atoms with van der Waals surface area (Å²) in [4.78, 5) is 34.8. The highest BCUT2D eigenvalue weighted by Crippen LogP contribution is 2.37. The zero-order chi connectivity index (χ0) is 46.5. The van der Waals surface area contributed by atoms with E-state index in [4.69, 9.17) is 42.1 Å². The van der Waals surface area contributed by atoms with Crippen LogP contribution in [0.1, 0.15) is 46.8 Å². The lowest BCUT2D eigenvalue weighted by Gasteiger charge is -2.37. The Hall–Kier alpha value is -5.46. The van der Waals surface area contributed by atoms with E-state index in [0.717, 1.165) is 84.2 Å². The molecule has 2 aromatic heterocycles. The molecule has 0 N–H and O–H groups in total. The van der Waals surface area contributed by atoms with E-state index in [2.05, 4.69) is 73.2 Å². The number of hydrazine groups is 1. The minimum atomic E-state index is -0.455. The Morgan fingerprint density at radius 2 is 1.51 bits per heavy atom. The number of nitrogens with zero attached hydrogens (tertiary/aromatic N) is 9. The summed E-state index contributed by atoms with van der Waals surface area (Å²) in [5.74, 6) is 0.839. The second-order valence-electron chi connectivity index (χ2n) is 17.4. The van der Waals surface area contributed by atoms with Gasteiger partial charge in [-0.05, 0) is 122 Å². The van der Waals surface area contributed by atoms with Gasteiger partial charge in [0.15, 0.2) is 19.6 Å². The third-order valence-corrected chi connectivity index (χ3v) is 13.1. The van der Waals surface area contributed by atoms with Crippen molar-refractivity contribution in [3.63, 3.8) is 0 Å². The number of hydrogen-bond acceptors (Lipinski definition) is 12. The molecule has 18 heteroatoms. The molecule has 3 fully saturated rings. The number of benzene rings is 4. The van der Waals surface area contributed by atoms with E-state index in [-0.39, 0.29) is 22.7 Å². The number of anilines is 3. The van der Waals surface area contributed by atoms with Crippen LogP contribution in [0.4, 0.5) is 17.1 Å². The summed E-state index contributed by atoms with van der Waals surface area (Å²) < 4.78 is 28.2. The minimum Gasteiger partial charge on any atom is -1.00 e. The summed E-state index contributed by atoms with van der Waals surface area (Å²) in [5, 5.41) is 9.79. The molecule has 9 rings (SSSR count). The van der Waals surface area contributed by atoms with Crippen LogP contribution in [0, 0.1) is 13.8 Å². The van der Waals surface area contributed by atoms with Gasteiger partial charge in [-0.15, -0.1) is 0 Å². The van der Waals surface area contributed by atoms with Crippen molar-refractivity contribution in [3.8, 4) is 17.2 Å². The van der Waals surface area contributed by atoms with Gasteiger partial charge in [0.1, 0.15) is 24.4 Å². The fourth-order valence-electron chi connectivity index (χ4n) is 9.13. The molecule has 5 heterocycles. The molecular weight excluding hydrogens is 973 g/mol. The molecule has 0 saturated carbocycles. The van der Waals surface area contributed by atoms with Gasteiger partial charge >= 0.3 is 11.7 Å². The van der Waals surface area contributed by atoms with Crippen molar-refractivity contribution in [1.29, 1.82) is 0 Å². The number of carbonyl (C=O) groups excluding carboxylic acids is 1. The van der Waals surface area contributed by atoms with E-state index in [9.17, 15) is 9.59 Å². The highest BCUT2D eigenvalue weighted by Gasteiger charge is 2.45. The number of esters is 1. The molecule has 1 atom stereocenters. The minimum absolute atomic E-state index is 0. The van der Waals surface area contributed by atoms with Crippen molar-refractivity contribution in [2.75, 3.05) is 80.8 Å². The predicted octanol–water partition coefficient (Wildman–Crippen LogP) is 5.08. The zero-order valence-electron chi connectivity index (χ0n) is 38.5. The molecule has 0 spiro atoms. The smallest absolute Gasteiger partial charge is 0.350 e. The number of piperazine rings is 1. The molecule has 15 nitrogen and oxygen atoms in total. The first-order valence-corrected chi connectivity index (χ1v) is 23.6. The number of carbonyl (C=O) groups is 1. The largest absolute Gasteiger partial charge is 1.00 e. The summed E-state index contributed by atoms with van der Waals surface area (Å²) in [7, 11) is 0. The van der Waals surface area contributed by atoms with Gasteiger partial charge in [0.2, 0.25) is 6.73 Å². The van der Waals surface area contributed by atoms with Gasteiger partial charge < -0.3 is 45.7 Å². The van der Waals surface area contributed by atoms with Crippen molar-refractivity contribution in [1.82, 2.24) is 24.3 Å². The van der Waals surface area contributed by atoms with Crippen LogP contribution in [0.2, 0.25) is 10.0 Å². The van der Waals surface area contributed by atoms with Gasteiger partial charge in [0.05, 0.1) is 41.7 Å². The van der Waals surface area contributed by atoms with Gasteiger partial charge in [-0.2, -0.15) is 10.1 Å². The Bertz CT molecular complexity index is 2690. The summed E-state index contributed by atoms with van der Waals surface area (Å²) in [6.45, 7) is 13.7. The second kappa shape index (κ2) is 21.9. The third kappa shape index (κ3) is 11.2. The molecule has 3 saturated heterocycles. The SMILES string of the molecule is CCCCn1ncn(-c2ccc(N3CCN(c4ccc(OC[N+]5(Cc6cc(C)c(OC(=O)c7cccnc7)c(C)c6)CN(CC6OCCO6)N(c6ccc(Cl)cc6Cl)C5)cc4)CC3)cc2)c1=O.[Br-]. The van der Waals surface area contributed by atoms with E-state index in [1.807, 2.05) is 50.2 Å². The van der Waals surface area contributed by atoms with E-state index >= 15 is 0 Å². The Morgan fingerprint density at radius 3 is 2.15 bits per heavy atom. The molecule has 3 aliphatic rings. The first kappa shape index (κ1) is 49.0. The molecule has 6 aromatic rings. The van der Waals surface area contributed by atoms with Gasteiger partial charge in [0.25, 0.3) is 0 Å². The van der Waals surface area contributed by atoms with E-state index < -0.39 is 12.3 Å². The first-order chi connectivity index (χ1) is 32.5. The number of pyridine rings is 1. The van der Waals surface area contributed by atoms with Crippen LogP contribution in [0.5, 0.6) is 11.5 Å². The highest BCUT2D eigenvalue weighted by molar-refractivity contribution is 6.36. The van der Waals surface area contributed by atoms with E-state index in [1.165, 1.54) is 10.9 Å². The van der Waals surface area contributed by atoms with Crippen molar-refractivity contribution in [3.05, 3.63) is 152 Å². The van der Waals surface area contributed by atoms with Gasteiger partial charge in [0, 0.05) is 67.1 Å². The van der Waals surface area contributed by atoms with Crippen LogP contribution in [0.25, 0.3) is 5.69 Å². The first-order valence-electron chi connectivity index (χ1n) is 22.8. The molecule has 0 amide bonds. The lowest BCUT2D eigenvalue weighted by Crippen LogP contribution is -3.00. The molecule has 0 radical (unpaired) electrons. The number of ether oxygens (including phenoxy) is 4. The lowest BCUT2D eigenvalue weighted by molar-refractivity contribution is -0.948. The Balaban J connectivity index is 0.00000625. The van der Waals surface area contributed by atoms with Crippen LogP contribution in [0.3, 0.4) is 0 Å². The summed E-state index contributed by atoms with van der Waals surface area (Å²) in [5.41, 5.74) is 6.92. The number of aromatic nitrogens is 4. The Labute approximate surface area is 417 Å². The van der Waals surface area contributed by atoms with Gasteiger partial charge in [-0.25, -0.2) is 23.8 Å². The van der Waals surface area contributed by atoms with Crippen molar-refractivity contribution in [2.24, 2.45) is 0 Å². The predicted molar refractivity (Wildman–Crippen MR) is 259 cm³/mol. The van der Waals surface area contributed by atoms with E-state index in [1.54, 1.807) is 35.3 Å². The molecule has 4 aromatic carbocycles. The number of rotatable bonds is 16. The Kier molecular flexibility index (Phi) is 15.8. The fourth-order valence-corrected chi connectivity index (χ4v) is 9.64. The number of halogens is 3. The second-order valence-corrected chi connectivity index (χ2v) is 18.3. The maximum atomic E-state index is 13.1. The van der Waals surface area contributed by atoms with Crippen molar-refractivity contribution >= 4 is 46.2 Å². The average molecular weight is 1030 g/mol. The summed E-state index contributed by atoms with van der Waals surface area (Å²) >= 11 is 13.3. The number of hydrogen-bond donors (Lipinski definition) is 0. The highest BCUT2D eigenvalue weighted by atomic mass is 79.9. The molecule has 0 aliphatic carbocycles. The topological polar surface area (TPSA) is 120 Å². The average Bonchev–Trinajstić information content (AvgIpc) is 4.08. The van der Waals surface area contributed by atoms with Crippen LogP contribution in [-0.4, -0.2) is 107 Å². The zero-order valence-corrected chi connectivity index (χ0v) is 41.6. The number of aryl methyl sites for hydroxylation is 3. The van der Waals surface area contributed by atoms with Crippen LogP contribution < -0.4 is 47.0 Å². The standard InChI is InChI=1S/C50H56Cl2N9O6.BrH/c1-4-5-19-59-50(63)58(32-54-59)43-11-9-41(10-12-43)55-20-22-56(23-21-55)42-13-15-44(16-14-42)66-35-61(31-38-26-36(2)48(37(3)27-38)67-49(62)39-7-6-18-53-29-39)33-57(30-47-64-24-25-65-47)60(34-61)46-17-8-40(51)28-45(46)52;/h6-18,26-29,32,47H,4-5,19-25,30-31,33-35H2,1-3H3;1H/q+1;/p-1. The summed E-state index contributed by atoms with van der Waals surface area (Å²) in [6, 6.07) is 29.6.